The molecule has 6 rings (SSSR count). The molecule has 36 heavy (non-hydrogen) atoms. The second kappa shape index (κ2) is 8.80. The molecule has 0 N–H and O–H groups in total. The number of ketones is 2. The fourth-order valence-electron chi connectivity index (χ4n) is 8.50. The summed E-state index contributed by atoms with van der Waals surface area (Å²) in [4.78, 5) is 29.6. The van der Waals surface area contributed by atoms with Crippen LogP contribution in [0.25, 0.3) is 11.1 Å². The van der Waals surface area contributed by atoms with Crippen LogP contribution in [0.1, 0.15) is 63.9 Å². The molecule has 2 fully saturated rings. The minimum absolute atomic E-state index is 0.0357. The number of hydrogen-bond donors (Lipinski definition) is 0. The van der Waals surface area contributed by atoms with Crippen molar-refractivity contribution in [1.29, 1.82) is 0 Å². The molecule has 2 unspecified atom stereocenters. The molecule has 4 aliphatic rings. The average molecular weight is 478 g/mol. The molecular weight excluding hydrogens is 442 g/mol. The van der Waals surface area contributed by atoms with E-state index >= 15 is 0 Å². The average Bonchev–Trinajstić information content (AvgIpc) is 3.21. The zero-order valence-corrected chi connectivity index (χ0v) is 21.4. The van der Waals surface area contributed by atoms with Crippen molar-refractivity contribution in [3.63, 3.8) is 0 Å². The predicted octanol–water partition coefficient (Wildman–Crippen LogP) is 7.27. The number of aromatic nitrogens is 1. The monoisotopic (exact) mass is 477 g/mol. The van der Waals surface area contributed by atoms with Gasteiger partial charge in [-0.2, -0.15) is 0 Å². The van der Waals surface area contributed by atoms with Gasteiger partial charge in [-0.25, -0.2) is 0 Å². The SMILES string of the molecule is C=C[C@@H]1CC2C3CCC4=CC(=O)CCC4=C3[C@@H](c3ccc(-c4cccnc4)cc3)C[C@]2(C)[C@H]1C(C)=O. The fraction of sp³-hybridized carbons (Fsp3) is 0.424. The Morgan fingerprint density at radius 3 is 2.61 bits per heavy atom. The van der Waals surface area contributed by atoms with Crippen LogP contribution < -0.4 is 0 Å². The van der Waals surface area contributed by atoms with Crippen LogP contribution >= 0.6 is 0 Å². The lowest BCUT2D eigenvalue weighted by Crippen LogP contribution is -2.45. The molecule has 4 aliphatic carbocycles. The molecule has 2 aromatic rings. The third-order valence-corrected chi connectivity index (χ3v) is 9.88. The number of nitrogens with zero attached hydrogens (tertiary/aromatic N) is 1. The van der Waals surface area contributed by atoms with Crippen LogP contribution in [0.15, 0.2) is 84.2 Å². The summed E-state index contributed by atoms with van der Waals surface area (Å²) in [5.74, 6) is 2.10. The van der Waals surface area contributed by atoms with E-state index in [1.807, 2.05) is 24.4 Å². The summed E-state index contributed by atoms with van der Waals surface area (Å²) in [6, 6.07) is 13.1. The normalized spacial score (nSPS) is 33.3. The van der Waals surface area contributed by atoms with E-state index in [2.05, 4.69) is 48.8 Å². The summed E-state index contributed by atoms with van der Waals surface area (Å²) in [6.45, 7) is 8.32. The van der Waals surface area contributed by atoms with Crippen LogP contribution in [0.2, 0.25) is 0 Å². The Labute approximate surface area is 214 Å². The van der Waals surface area contributed by atoms with Gasteiger partial charge in [0.25, 0.3) is 0 Å². The van der Waals surface area contributed by atoms with Crippen molar-refractivity contribution < 1.29 is 9.59 Å². The van der Waals surface area contributed by atoms with Crippen molar-refractivity contribution in [2.75, 3.05) is 0 Å². The molecule has 0 bridgehead atoms. The Hall–Kier alpha value is -3.07. The molecule has 3 nitrogen and oxygen atoms in total. The first kappa shape index (κ1) is 23.3. The lowest BCUT2D eigenvalue weighted by atomic mass is 9.51. The molecule has 0 saturated heterocycles. The van der Waals surface area contributed by atoms with Crippen LogP contribution in [0.4, 0.5) is 0 Å². The first-order valence-electron chi connectivity index (χ1n) is 13.5. The Morgan fingerprint density at radius 2 is 1.92 bits per heavy atom. The maximum Gasteiger partial charge on any atom is 0.156 e. The summed E-state index contributed by atoms with van der Waals surface area (Å²) >= 11 is 0. The molecule has 0 spiro atoms. The number of allylic oxidation sites excluding steroid dienone is 5. The number of Topliss-reactive ketones (excluding diaryl/α,β-unsaturated/α-hetero) is 1. The van der Waals surface area contributed by atoms with Crippen molar-refractivity contribution in [3.8, 4) is 11.1 Å². The molecular formula is C33H35NO2. The van der Waals surface area contributed by atoms with E-state index in [1.54, 1.807) is 18.7 Å². The van der Waals surface area contributed by atoms with Crippen molar-refractivity contribution in [3.05, 3.63) is 89.8 Å². The molecule has 6 atom stereocenters. The second-order valence-electron chi connectivity index (χ2n) is 11.7. The first-order valence-corrected chi connectivity index (χ1v) is 13.5. The minimum Gasteiger partial charge on any atom is -0.300 e. The largest absolute Gasteiger partial charge is 0.300 e. The molecule has 0 aliphatic heterocycles. The quantitative estimate of drug-likeness (QED) is 0.435. The summed E-state index contributed by atoms with van der Waals surface area (Å²) in [5.41, 5.74) is 7.88. The summed E-state index contributed by atoms with van der Waals surface area (Å²) < 4.78 is 0. The summed E-state index contributed by atoms with van der Waals surface area (Å²) in [5, 5.41) is 0. The van der Waals surface area contributed by atoms with E-state index < -0.39 is 0 Å². The van der Waals surface area contributed by atoms with Crippen molar-refractivity contribution >= 4 is 11.6 Å². The fourth-order valence-corrected chi connectivity index (χ4v) is 8.50. The zero-order valence-electron chi connectivity index (χ0n) is 21.4. The van der Waals surface area contributed by atoms with E-state index in [0.717, 1.165) is 37.7 Å². The van der Waals surface area contributed by atoms with Crippen molar-refractivity contribution in [2.24, 2.45) is 29.1 Å². The van der Waals surface area contributed by atoms with Crippen molar-refractivity contribution in [1.82, 2.24) is 4.98 Å². The van der Waals surface area contributed by atoms with E-state index in [0.29, 0.717) is 24.0 Å². The molecule has 0 radical (unpaired) electrons. The summed E-state index contributed by atoms with van der Waals surface area (Å²) in [7, 11) is 0. The van der Waals surface area contributed by atoms with Gasteiger partial charge >= 0.3 is 0 Å². The highest BCUT2D eigenvalue weighted by Gasteiger charge is 2.60. The Balaban J connectivity index is 1.48. The molecule has 1 aromatic carbocycles. The standard InChI is InChI=1S/C33H35NO2/c1-4-21-17-30-28-13-11-24-16-26(36)12-14-27(24)31(28)29(18-33(30,3)32(21)20(2)35)23-9-7-22(8-10-23)25-6-5-15-34-19-25/h4-10,15-16,19,21,28-30,32H,1,11-14,17-18H2,2-3H3/t21-,28?,29-,30?,32+,33+/m1/s1. The minimum atomic E-state index is -0.0438. The third kappa shape index (κ3) is 3.58. The molecule has 3 heteroatoms. The van der Waals surface area contributed by atoms with Crippen LogP contribution in [-0.2, 0) is 9.59 Å². The van der Waals surface area contributed by atoms with Gasteiger partial charge in [-0.3, -0.25) is 14.6 Å². The van der Waals surface area contributed by atoms with Crippen LogP contribution in [-0.4, -0.2) is 16.6 Å². The van der Waals surface area contributed by atoms with E-state index in [1.165, 1.54) is 22.3 Å². The Bertz CT molecular complexity index is 1280. The maximum atomic E-state index is 13.0. The van der Waals surface area contributed by atoms with Crippen LogP contribution in [0.5, 0.6) is 0 Å². The zero-order chi connectivity index (χ0) is 25.0. The number of carbonyl (C=O) groups excluding carboxylic acids is 2. The smallest absolute Gasteiger partial charge is 0.156 e. The van der Waals surface area contributed by atoms with Gasteiger partial charge in [-0.05, 0) is 102 Å². The topological polar surface area (TPSA) is 47.0 Å². The van der Waals surface area contributed by atoms with Gasteiger partial charge in [-0.1, -0.05) is 48.9 Å². The van der Waals surface area contributed by atoms with Crippen LogP contribution in [0, 0.1) is 29.1 Å². The van der Waals surface area contributed by atoms with Gasteiger partial charge < -0.3 is 0 Å². The van der Waals surface area contributed by atoms with Gasteiger partial charge in [-0.15, -0.1) is 6.58 Å². The number of rotatable bonds is 4. The second-order valence-corrected chi connectivity index (χ2v) is 11.7. The number of benzene rings is 1. The molecule has 184 valence electrons. The number of hydrogen-bond acceptors (Lipinski definition) is 3. The Kier molecular flexibility index (Phi) is 5.70. The van der Waals surface area contributed by atoms with Gasteiger partial charge in [0.1, 0.15) is 5.78 Å². The molecule has 1 heterocycles. The molecule has 1 aromatic heterocycles. The van der Waals surface area contributed by atoms with Gasteiger partial charge in [0.15, 0.2) is 5.78 Å². The van der Waals surface area contributed by atoms with Gasteiger partial charge in [0, 0.05) is 30.7 Å². The lowest BCUT2D eigenvalue weighted by Gasteiger charge is -2.52. The summed E-state index contributed by atoms with van der Waals surface area (Å²) in [6.07, 6.45) is 13.3. The highest BCUT2D eigenvalue weighted by atomic mass is 16.1. The number of pyridine rings is 1. The van der Waals surface area contributed by atoms with E-state index in [9.17, 15) is 9.59 Å². The Morgan fingerprint density at radius 1 is 1.11 bits per heavy atom. The number of carbonyl (C=O) groups is 2. The first-order chi connectivity index (χ1) is 17.4. The maximum absolute atomic E-state index is 13.0. The van der Waals surface area contributed by atoms with E-state index in [4.69, 9.17) is 0 Å². The van der Waals surface area contributed by atoms with Crippen LogP contribution in [0.3, 0.4) is 0 Å². The molecule has 2 saturated carbocycles. The highest BCUT2D eigenvalue weighted by Crippen LogP contribution is 2.67. The highest BCUT2D eigenvalue weighted by molar-refractivity contribution is 5.93. The van der Waals surface area contributed by atoms with Gasteiger partial charge in [0.2, 0.25) is 0 Å². The predicted molar refractivity (Wildman–Crippen MR) is 143 cm³/mol. The third-order valence-electron chi connectivity index (χ3n) is 9.88. The van der Waals surface area contributed by atoms with Gasteiger partial charge in [0.05, 0.1) is 0 Å². The van der Waals surface area contributed by atoms with Crippen molar-refractivity contribution in [2.45, 2.75) is 58.3 Å². The lowest BCUT2D eigenvalue weighted by molar-refractivity contribution is -0.126. The molecule has 0 amide bonds. The van der Waals surface area contributed by atoms with E-state index in [-0.39, 0.29) is 29.0 Å². The number of fused-ring (bicyclic) bond motifs is 4.